The van der Waals surface area contributed by atoms with Crippen LogP contribution in [0, 0.1) is 0 Å². The van der Waals surface area contributed by atoms with Crippen molar-refractivity contribution in [1.82, 2.24) is 9.97 Å². The summed E-state index contributed by atoms with van der Waals surface area (Å²) in [4.78, 5) is 10.3. The summed E-state index contributed by atoms with van der Waals surface area (Å²) in [6.07, 6.45) is 5.00. The molecule has 2 atom stereocenters. The highest BCUT2D eigenvalue weighted by Crippen LogP contribution is 2.41. The van der Waals surface area contributed by atoms with E-state index in [4.69, 9.17) is 17.3 Å². The van der Waals surface area contributed by atoms with E-state index in [1.165, 1.54) is 6.33 Å². The summed E-state index contributed by atoms with van der Waals surface area (Å²) >= 11 is 6.17. The quantitative estimate of drug-likeness (QED) is 0.788. The molecule has 2 unspecified atom stereocenters. The van der Waals surface area contributed by atoms with Gasteiger partial charge in [0.1, 0.15) is 17.2 Å². The maximum absolute atomic E-state index is 9.76. The van der Waals surface area contributed by atoms with E-state index in [2.05, 4.69) is 14.9 Å². The Labute approximate surface area is 105 Å². The average Bonchev–Trinajstić information content (AvgIpc) is 2.55. The van der Waals surface area contributed by atoms with Crippen LogP contribution < -0.4 is 10.6 Å². The monoisotopic (exact) mass is 254 g/mol. The third kappa shape index (κ3) is 1.73. The number of fused-ring (bicyclic) bond motifs is 2. The minimum atomic E-state index is -0.193. The van der Waals surface area contributed by atoms with Gasteiger partial charge in [-0.2, -0.15) is 0 Å². The van der Waals surface area contributed by atoms with Crippen molar-refractivity contribution >= 4 is 23.2 Å². The Balaban J connectivity index is 1.97. The Morgan fingerprint density at radius 3 is 2.59 bits per heavy atom. The molecule has 6 heteroatoms. The predicted molar refractivity (Wildman–Crippen MR) is 66.0 cm³/mol. The normalized spacial score (nSPS) is 31.9. The van der Waals surface area contributed by atoms with Gasteiger partial charge in [-0.1, -0.05) is 11.6 Å². The fraction of sp³-hybridized carbons (Fsp3) is 0.636. The van der Waals surface area contributed by atoms with Gasteiger partial charge in [0.25, 0.3) is 0 Å². The van der Waals surface area contributed by atoms with Crippen molar-refractivity contribution in [3.63, 3.8) is 0 Å². The zero-order valence-corrected chi connectivity index (χ0v) is 10.1. The molecule has 2 aliphatic rings. The third-order valence-corrected chi connectivity index (χ3v) is 4.11. The first-order chi connectivity index (χ1) is 8.16. The van der Waals surface area contributed by atoms with Crippen LogP contribution in [-0.4, -0.2) is 33.3 Å². The lowest BCUT2D eigenvalue weighted by Gasteiger charge is -2.38. The number of nitrogens with two attached hydrogens (primary N) is 1. The van der Waals surface area contributed by atoms with Gasteiger partial charge in [0, 0.05) is 12.1 Å². The van der Waals surface area contributed by atoms with Gasteiger partial charge >= 0.3 is 0 Å². The van der Waals surface area contributed by atoms with Crippen molar-refractivity contribution < 1.29 is 5.11 Å². The number of aliphatic hydroxyl groups excluding tert-OH is 1. The van der Waals surface area contributed by atoms with Crippen molar-refractivity contribution in [3.8, 4) is 0 Å². The number of piperidine rings is 1. The lowest BCUT2D eigenvalue weighted by Crippen LogP contribution is -2.45. The summed E-state index contributed by atoms with van der Waals surface area (Å²) in [5.74, 6) is 1.04. The third-order valence-electron chi connectivity index (χ3n) is 3.75. The second-order valence-electron chi connectivity index (χ2n) is 4.81. The van der Waals surface area contributed by atoms with Gasteiger partial charge in [-0.3, -0.25) is 0 Å². The largest absolute Gasteiger partial charge is 0.393 e. The summed E-state index contributed by atoms with van der Waals surface area (Å²) in [7, 11) is 0. The van der Waals surface area contributed by atoms with Crippen LogP contribution in [-0.2, 0) is 0 Å². The molecule has 0 saturated carbocycles. The number of hydrogen-bond donors (Lipinski definition) is 2. The minimum Gasteiger partial charge on any atom is -0.393 e. The van der Waals surface area contributed by atoms with Crippen LogP contribution in [0.1, 0.15) is 25.7 Å². The van der Waals surface area contributed by atoms with Crippen molar-refractivity contribution in [1.29, 1.82) is 0 Å². The number of hydrogen-bond acceptors (Lipinski definition) is 5. The van der Waals surface area contributed by atoms with Gasteiger partial charge in [0.15, 0.2) is 5.82 Å². The fourth-order valence-corrected chi connectivity index (χ4v) is 3.24. The summed E-state index contributed by atoms with van der Waals surface area (Å²) in [5.41, 5.74) is 5.71. The molecule has 0 spiro atoms. The molecule has 0 amide bonds. The molecular formula is C11H15ClN4O. The zero-order valence-electron chi connectivity index (χ0n) is 9.38. The van der Waals surface area contributed by atoms with Crippen molar-refractivity contribution in [3.05, 3.63) is 11.3 Å². The van der Waals surface area contributed by atoms with Crippen molar-refractivity contribution in [2.75, 3.05) is 10.6 Å². The molecule has 2 fully saturated rings. The molecule has 2 bridgehead atoms. The number of nitrogen functional groups attached to an aromatic ring is 1. The van der Waals surface area contributed by atoms with Crippen LogP contribution in [0.2, 0.25) is 5.02 Å². The van der Waals surface area contributed by atoms with Gasteiger partial charge in [0.05, 0.1) is 6.10 Å². The molecule has 2 saturated heterocycles. The second kappa shape index (κ2) is 3.99. The maximum atomic E-state index is 9.76. The maximum Gasteiger partial charge on any atom is 0.153 e. The lowest BCUT2D eigenvalue weighted by atomic mass is 10.00. The first-order valence-corrected chi connectivity index (χ1v) is 6.27. The Bertz CT molecular complexity index is 427. The summed E-state index contributed by atoms with van der Waals surface area (Å²) < 4.78 is 0. The SMILES string of the molecule is Nc1ncnc(N2C3CCC2CC(O)C3)c1Cl. The molecule has 0 aliphatic carbocycles. The van der Waals surface area contributed by atoms with E-state index >= 15 is 0 Å². The molecule has 3 rings (SSSR count). The van der Waals surface area contributed by atoms with E-state index < -0.39 is 0 Å². The van der Waals surface area contributed by atoms with Crippen LogP contribution in [0.25, 0.3) is 0 Å². The van der Waals surface area contributed by atoms with Crippen molar-refractivity contribution in [2.45, 2.75) is 43.9 Å². The first-order valence-electron chi connectivity index (χ1n) is 5.89. The number of aliphatic hydroxyl groups is 1. The fourth-order valence-electron chi connectivity index (χ4n) is 3.05. The topological polar surface area (TPSA) is 75.3 Å². The molecule has 3 heterocycles. The molecule has 2 aliphatic heterocycles. The lowest BCUT2D eigenvalue weighted by molar-refractivity contribution is 0.126. The molecular weight excluding hydrogens is 240 g/mol. The smallest absolute Gasteiger partial charge is 0.153 e. The molecule has 5 nitrogen and oxygen atoms in total. The second-order valence-corrected chi connectivity index (χ2v) is 5.19. The first kappa shape index (κ1) is 11.0. The number of halogens is 1. The van der Waals surface area contributed by atoms with E-state index in [1.807, 2.05) is 0 Å². The van der Waals surface area contributed by atoms with Gasteiger partial charge in [-0.25, -0.2) is 9.97 Å². The van der Waals surface area contributed by atoms with Crippen LogP contribution in [0.15, 0.2) is 6.33 Å². The molecule has 0 aromatic carbocycles. The highest BCUT2D eigenvalue weighted by atomic mass is 35.5. The minimum absolute atomic E-state index is 0.193. The molecule has 3 N–H and O–H groups in total. The predicted octanol–water partition coefficient (Wildman–Crippen LogP) is 1.20. The van der Waals surface area contributed by atoms with Crippen LogP contribution in [0.3, 0.4) is 0 Å². The van der Waals surface area contributed by atoms with Crippen LogP contribution >= 0.6 is 11.6 Å². The Kier molecular flexibility index (Phi) is 2.60. The average molecular weight is 255 g/mol. The van der Waals surface area contributed by atoms with Gasteiger partial charge in [0.2, 0.25) is 0 Å². The van der Waals surface area contributed by atoms with Crippen molar-refractivity contribution in [2.24, 2.45) is 0 Å². The molecule has 1 aromatic heterocycles. The number of nitrogens with zero attached hydrogens (tertiary/aromatic N) is 3. The Hall–Kier alpha value is -1.07. The molecule has 17 heavy (non-hydrogen) atoms. The summed E-state index contributed by atoms with van der Waals surface area (Å²) in [6, 6.07) is 0.658. The van der Waals surface area contributed by atoms with E-state index in [9.17, 15) is 5.11 Å². The van der Waals surface area contributed by atoms with E-state index in [-0.39, 0.29) is 6.10 Å². The Morgan fingerprint density at radius 2 is 1.94 bits per heavy atom. The molecule has 1 aromatic rings. The number of rotatable bonds is 1. The summed E-state index contributed by atoms with van der Waals surface area (Å²) in [5, 5.41) is 10.2. The Morgan fingerprint density at radius 1 is 1.29 bits per heavy atom. The van der Waals surface area contributed by atoms with Crippen LogP contribution in [0.5, 0.6) is 0 Å². The highest BCUT2D eigenvalue weighted by molar-refractivity contribution is 6.35. The molecule has 92 valence electrons. The van der Waals surface area contributed by atoms with E-state index in [0.29, 0.717) is 22.9 Å². The summed E-state index contributed by atoms with van der Waals surface area (Å²) in [6.45, 7) is 0. The standard InChI is InChI=1S/C11H15ClN4O/c12-9-10(13)14-5-15-11(9)16-6-1-2-7(16)4-8(17)3-6/h5-8,17H,1-4H2,(H2,13,14,15). The van der Waals surface area contributed by atoms with E-state index in [0.717, 1.165) is 31.5 Å². The van der Waals surface area contributed by atoms with E-state index in [1.54, 1.807) is 0 Å². The highest BCUT2D eigenvalue weighted by Gasteiger charge is 2.41. The van der Waals surface area contributed by atoms with Crippen LogP contribution in [0.4, 0.5) is 11.6 Å². The van der Waals surface area contributed by atoms with Gasteiger partial charge < -0.3 is 15.7 Å². The number of aromatic nitrogens is 2. The molecule has 0 radical (unpaired) electrons. The van der Waals surface area contributed by atoms with Gasteiger partial charge in [-0.15, -0.1) is 0 Å². The number of anilines is 2. The zero-order chi connectivity index (χ0) is 12.0. The van der Waals surface area contributed by atoms with Gasteiger partial charge in [-0.05, 0) is 25.7 Å².